The van der Waals surface area contributed by atoms with Gasteiger partial charge < -0.3 is 45.3 Å². The molecule has 0 rings (SSSR count). The van der Waals surface area contributed by atoms with Crippen LogP contribution in [0.25, 0.3) is 0 Å². The molecule has 0 heterocycles. The van der Waals surface area contributed by atoms with Gasteiger partial charge in [-0.1, -0.05) is 0 Å². The Labute approximate surface area is 82.1 Å². The van der Waals surface area contributed by atoms with Crippen molar-refractivity contribution in [3.8, 4) is 0 Å². The van der Waals surface area contributed by atoms with Gasteiger partial charge in [-0.25, -0.2) is 0 Å². The van der Waals surface area contributed by atoms with Gasteiger partial charge in [0.15, 0.2) is 0 Å². The molecule has 0 spiro atoms. The van der Waals surface area contributed by atoms with Gasteiger partial charge in [-0.2, -0.15) is 0 Å². The monoisotopic (exact) mass is 309 g/mol. The van der Waals surface area contributed by atoms with Gasteiger partial charge in [-0.15, -0.1) is 0 Å². The van der Waals surface area contributed by atoms with Crippen LogP contribution in [0.5, 0.6) is 0 Å². The third-order valence-electron chi connectivity index (χ3n) is 0. The minimum atomic E-state index is 0. The zero-order valence-corrected chi connectivity index (χ0v) is 6.27. The normalized spacial score (nSPS) is 0. The van der Waals surface area contributed by atoms with E-state index in [1.54, 1.807) is 0 Å². The first-order valence-corrected chi connectivity index (χ1v) is 0. The minimum absolute atomic E-state index is 0. The Morgan fingerprint density at radius 2 is 0.375 bits per heavy atom. The number of hydrogen-bond acceptors (Lipinski definition) is 0. The Balaban J connectivity index is 0. The van der Waals surface area contributed by atoms with E-state index in [0.29, 0.717) is 0 Å². The van der Waals surface area contributed by atoms with E-state index in [1.807, 2.05) is 0 Å². The van der Waals surface area contributed by atoms with E-state index >= 15 is 0 Å². The molecular weight excluding hydrogens is 299 g/mol. The molecule has 0 atom stereocenters. The molecule has 6 nitrogen and oxygen atoms in total. The first kappa shape index (κ1) is 381. The van der Waals surface area contributed by atoms with Crippen molar-refractivity contribution in [2.24, 2.45) is 0 Å². The van der Waals surface area contributed by atoms with Gasteiger partial charge in [0.1, 0.15) is 0 Å². The summed E-state index contributed by atoms with van der Waals surface area (Å²) in [6.07, 6.45) is 0. The first-order valence-electron chi connectivity index (χ1n) is 0. The summed E-state index contributed by atoms with van der Waals surface area (Å²) in [5.41, 5.74) is 0. The molecular formula is H12ClErO6+2. The van der Waals surface area contributed by atoms with Gasteiger partial charge in [0, 0.05) is 0 Å². The van der Waals surface area contributed by atoms with Crippen molar-refractivity contribution in [2.45, 2.75) is 0 Å². The van der Waals surface area contributed by atoms with Crippen LogP contribution in [0, 0.1) is 37.3 Å². The molecule has 12 N–H and O–H groups in total. The Morgan fingerprint density at radius 1 is 0.375 bits per heavy atom. The molecule has 8 heavy (non-hydrogen) atoms. The van der Waals surface area contributed by atoms with Crippen molar-refractivity contribution in [3.63, 3.8) is 0 Å². The maximum Gasteiger partial charge on any atom is 3.00 e. The zero-order chi connectivity index (χ0) is 0. The summed E-state index contributed by atoms with van der Waals surface area (Å²) in [5, 5.41) is 0. The van der Waals surface area contributed by atoms with E-state index < -0.39 is 0 Å². The van der Waals surface area contributed by atoms with E-state index in [1.165, 1.54) is 0 Å². The fourth-order valence-electron chi connectivity index (χ4n) is 0. The smallest absolute Gasteiger partial charge is 1.00 e. The standard InChI is InChI=1S/ClH.Er.6H2O/h1H;;6*1H2/q;+3;;;;;;/p-1. The van der Waals surface area contributed by atoms with Gasteiger partial charge in [0.2, 0.25) is 0 Å². The van der Waals surface area contributed by atoms with E-state index in [0.717, 1.165) is 0 Å². The van der Waals surface area contributed by atoms with Gasteiger partial charge in [-0.05, 0) is 0 Å². The van der Waals surface area contributed by atoms with Gasteiger partial charge in [0.25, 0.3) is 0 Å². The second kappa shape index (κ2) is 263. The van der Waals surface area contributed by atoms with Crippen LogP contribution in [0.1, 0.15) is 0 Å². The molecule has 1 radical (unpaired) electrons. The fraction of sp³-hybridized carbons (Fsp3) is 0. The molecule has 0 amide bonds. The molecule has 0 fully saturated rings. The summed E-state index contributed by atoms with van der Waals surface area (Å²) in [6, 6.07) is 0. The molecule has 0 unspecified atom stereocenters. The summed E-state index contributed by atoms with van der Waals surface area (Å²) < 4.78 is 0. The Morgan fingerprint density at radius 3 is 0.375 bits per heavy atom. The van der Waals surface area contributed by atoms with Crippen molar-refractivity contribution in [2.75, 3.05) is 0 Å². The molecule has 0 saturated carbocycles. The summed E-state index contributed by atoms with van der Waals surface area (Å²) in [7, 11) is 0. The van der Waals surface area contributed by atoms with E-state index in [2.05, 4.69) is 0 Å². The molecule has 0 aromatic carbocycles. The van der Waals surface area contributed by atoms with Crippen LogP contribution in [-0.2, 0) is 0 Å². The molecule has 0 aliphatic carbocycles. The second-order valence-corrected chi connectivity index (χ2v) is 0. The predicted molar refractivity (Wildman–Crippen MR) is 21.7 cm³/mol. The topological polar surface area (TPSA) is 189 Å². The average molecular weight is 311 g/mol. The minimum Gasteiger partial charge on any atom is -1.00 e. The van der Waals surface area contributed by atoms with Crippen LogP contribution >= 0.6 is 0 Å². The van der Waals surface area contributed by atoms with E-state index in [9.17, 15) is 0 Å². The van der Waals surface area contributed by atoms with Gasteiger partial charge in [0.05, 0.1) is 0 Å². The largest absolute Gasteiger partial charge is 3.00 e. The predicted octanol–water partition coefficient (Wildman–Crippen LogP) is -7.94. The molecule has 0 aromatic rings. The average Bonchev–Trinajstić information content (AvgIpc) is 0. The van der Waals surface area contributed by atoms with Gasteiger partial charge >= 0.3 is 37.3 Å². The van der Waals surface area contributed by atoms with Crippen molar-refractivity contribution in [1.29, 1.82) is 0 Å². The molecule has 0 aliphatic rings. The van der Waals surface area contributed by atoms with E-state index in [4.69, 9.17) is 0 Å². The van der Waals surface area contributed by atoms with Crippen LogP contribution < -0.4 is 12.4 Å². The Hall–Kier alpha value is 1.30. The van der Waals surface area contributed by atoms with Crippen LogP contribution in [-0.4, -0.2) is 32.9 Å². The zero-order valence-electron chi connectivity index (χ0n) is 3.67. The van der Waals surface area contributed by atoms with Crippen molar-refractivity contribution in [3.05, 3.63) is 0 Å². The van der Waals surface area contributed by atoms with Crippen LogP contribution in [0.3, 0.4) is 0 Å². The molecule has 8 heteroatoms. The van der Waals surface area contributed by atoms with Crippen LogP contribution in [0.2, 0.25) is 0 Å². The molecule has 0 aliphatic heterocycles. The Kier molecular flexibility index (Phi) is 12500. The molecule has 0 aromatic heterocycles. The molecule has 0 bridgehead atoms. The fourth-order valence-corrected chi connectivity index (χ4v) is 0. The molecule has 0 saturated heterocycles. The summed E-state index contributed by atoms with van der Waals surface area (Å²) in [5.74, 6) is 0. The van der Waals surface area contributed by atoms with Crippen molar-refractivity contribution < 1.29 is 82.6 Å². The Bertz CT molecular complexity index is 8.49. The number of rotatable bonds is 0. The van der Waals surface area contributed by atoms with Gasteiger partial charge in [-0.3, -0.25) is 0 Å². The summed E-state index contributed by atoms with van der Waals surface area (Å²) in [6.45, 7) is 0. The number of halogens is 1. The maximum atomic E-state index is 0. The second-order valence-electron chi connectivity index (χ2n) is 0. The van der Waals surface area contributed by atoms with Crippen LogP contribution in [0.4, 0.5) is 0 Å². The van der Waals surface area contributed by atoms with Crippen molar-refractivity contribution >= 4 is 0 Å². The quantitative estimate of drug-likeness (QED) is 0.411. The van der Waals surface area contributed by atoms with E-state index in [-0.39, 0.29) is 82.6 Å². The summed E-state index contributed by atoms with van der Waals surface area (Å²) in [4.78, 5) is 0. The molecule has 65 valence electrons. The summed E-state index contributed by atoms with van der Waals surface area (Å²) >= 11 is 0. The van der Waals surface area contributed by atoms with Crippen molar-refractivity contribution in [1.82, 2.24) is 0 Å². The SMILES string of the molecule is O.O.O.O.O.O.[Cl-].[Er+3]. The maximum absolute atomic E-state index is 0. The third-order valence-corrected chi connectivity index (χ3v) is 0. The number of hydrogen-bond donors (Lipinski definition) is 0. The first-order chi connectivity index (χ1) is 0. The third kappa shape index (κ3) is 172. The van der Waals surface area contributed by atoms with Crippen LogP contribution in [0.15, 0.2) is 0 Å².